The molecule has 3 aromatic carbocycles. The maximum absolute atomic E-state index is 14.0. The van der Waals surface area contributed by atoms with Crippen molar-refractivity contribution in [3.8, 4) is 0 Å². The Morgan fingerprint density at radius 3 is 2.37 bits per heavy atom. The second-order valence-electron chi connectivity index (χ2n) is 11.9. The number of fused-ring (bicyclic) bond motifs is 1. The van der Waals surface area contributed by atoms with Crippen LogP contribution in [0.4, 0.5) is 17.1 Å². The Morgan fingerprint density at radius 2 is 1.63 bits per heavy atom. The average molecular weight is 590 g/mol. The van der Waals surface area contributed by atoms with E-state index in [1.165, 1.54) is 0 Å². The smallest absolute Gasteiger partial charge is 0.242 e. The molecule has 1 atom stereocenters. The SMILES string of the molecule is CC1(C)CC(=O)C2=C(C1)Nc1ccccc1N(CC(=O)N1CCN(c3cccc(Cl)c3)CC1)C2c1ccc(Cl)cc1. The molecule has 0 saturated carbocycles. The summed E-state index contributed by atoms with van der Waals surface area (Å²) in [5, 5.41) is 4.96. The lowest BCUT2D eigenvalue weighted by molar-refractivity contribution is -0.130. The fraction of sp³-hybridized carbons (Fsp3) is 0.333. The largest absolute Gasteiger partial charge is 0.368 e. The van der Waals surface area contributed by atoms with Crippen molar-refractivity contribution in [2.45, 2.75) is 32.7 Å². The first-order valence-electron chi connectivity index (χ1n) is 14.1. The third-order valence-electron chi connectivity index (χ3n) is 8.30. The van der Waals surface area contributed by atoms with Crippen LogP contribution >= 0.6 is 23.2 Å². The van der Waals surface area contributed by atoms with Crippen molar-refractivity contribution in [1.82, 2.24) is 4.90 Å². The van der Waals surface area contributed by atoms with E-state index < -0.39 is 6.04 Å². The Morgan fingerprint density at radius 1 is 0.902 bits per heavy atom. The van der Waals surface area contributed by atoms with E-state index in [2.05, 4.69) is 35.0 Å². The number of carbonyl (C=O) groups is 2. The van der Waals surface area contributed by atoms with Crippen molar-refractivity contribution in [2.75, 3.05) is 47.8 Å². The zero-order valence-electron chi connectivity index (χ0n) is 23.4. The van der Waals surface area contributed by atoms with Crippen molar-refractivity contribution in [1.29, 1.82) is 0 Å². The summed E-state index contributed by atoms with van der Waals surface area (Å²) in [6, 6.07) is 23.1. The van der Waals surface area contributed by atoms with Crippen molar-refractivity contribution in [2.24, 2.45) is 5.41 Å². The lowest BCUT2D eigenvalue weighted by atomic mass is 9.73. The van der Waals surface area contributed by atoms with Gasteiger partial charge in [0.1, 0.15) is 0 Å². The summed E-state index contributed by atoms with van der Waals surface area (Å²) in [7, 11) is 0. The maximum Gasteiger partial charge on any atom is 0.242 e. The predicted molar refractivity (Wildman–Crippen MR) is 167 cm³/mol. The Bertz CT molecular complexity index is 1510. The number of nitrogens with zero attached hydrogens (tertiary/aromatic N) is 3. The Kier molecular flexibility index (Phi) is 7.47. The molecule has 1 unspecified atom stereocenters. The van der Waals surface area contributed by atoms with Gasteiger partial charge in [0.05, 0.1) is 24.0 Å². The van der Waals surface area contributed by atoms with Gasteiger partial charge in [-0.3, -0.25) is 9.59 Å². The molecular weight excluding hydrogens is 555 g/mol. The zero-order valence-corrected chi connectivity index (χ0v) is 24.9. The van der Waals surface area contributed by atoms with Gasteiger partial charge in [-0.2, -0.15) is 0 Å². The molecular formula is C33H34Cl2N4O2. The number of Topliss-reactive ketones (excluding diaryl/α,β-unsaturated/α-hetero) is 1. The molecule has 212 valence electrons. The van der Waals surface area contributed by atoms with E-state index in [1.807, 2.05) is 71.6 Å². The van der Waals surface area contributed by atoms with Crippen LogP contribution in [0.1, 0.15) is 38.3 Å². The molecule has 3 aliphatic rings. The van der Waals surface area contributed by atoms with E-state index in [4.69, 9.17) is 23.2 Å². The first-order chi connectivity index (χ1) is 19.7. The number of anilines is 3. The quantitative estimate of drug-likeness (QED) is 0.357. The molecule has 1 amide bonds. The van der Waals surface area contributed by atoms with Crippen LogP contribution in [0.15, 0.2) is 84.1 Å². The lowest BCUT2D eigenvalue weighted by Crippen LogP contribution is -2.52. The van der Waals surface area contributed by atoms with Crippen LogP contribution in [0.2, 0.25) is 10.0 Å². The van der Waals surface area contributed by atoms with Gasteiger partial charge in [-0.1, -0.05) is 67.4 Å². The van der Waals surface area contributed by atoms with Gasteiger partial charge in [-0.05, 0) is 59.9 Å². The highest BCUT2D eigenvalue weighted by Crippen LogP contribution is 2.48. The number of nitrogens with one attached hydrogen (secondary N) is 1. The molecule has 0 radical (unpaired) electrons. The number of piperazine rings is 1. The van der Waals surface area contributed by atoms with Crippen LogP contribution in [-0.4, -0.2) is 49.3 Å². The summed E-state index contributed by atoms with van der Waals surface area (Å²) in [6.07, 6.45) is 1.21. The van der Waals surface area contributed by atoms with E-state index >= 15 is 0 Å². The van der Waals surface area contributed by atoms with Crippen LogP contribution in [0.5, 0.6) is 0 Å². The third-order valence-corrected chi connectivity index (χ3v) is 8.79. The molecule has 2 heterocycles. The summed E-state index contributed by atoms with van der Waals surface area (Å²) >= 11 is 12.5. The molecule has 1 fully saturated rings. The standard InChI is InChI=1S/C33H34Cl2N4O2/c1-33(2)19-27-31(29(40)20-33)32(22-10-12-23(34)13-11-22)39(28-9-4-3-8-26(28)36-27)21-30(41)38-16-14-37(15-17-38)25-7-5-6-24(35)18-25/h3-13,18,32,36H,14-17,19-21H2,1-2H3. The number of hydrogen-bond acceptors (Lipinski definition) is 5. The molecule has 0 spiro atoms. The molecule has 8 heteroatoms. The number of amides is 1. The number of ketones is 1. The average Bonchev–Trinajstić information content (AvgIpc) is 3.07. The Hall–Kier alpha value is -3.48. The van der Waals surface area contributed by atoms with Gasteiger partial charge < -0.3 is 20.0 Å². The minimum atomic E-state index is -0.418. The van der Waals surface area contributed by atoms with Crippen molar-refractivity contribution in [3.63, 3.8) is 0 Å². The first-order valence-corrected chi connectivity index (χ1v) is 14.9. The van der Waals surface area contributed by atoms with Crippen LogP contribution in [0.3, 0.4) is 0 Å². The number of hydrogen-bond donors (Lipinski definition) is 1. The molecule has 41 heavy (non-hydrogen) atoms. The van der Waals surface area contributed by atoms with Crippen LogP contribution in [-0.2, 0) is 9.59 Å². The fourth-order valence-corrected chi connectivity index (χ4v) is 6.66. The van der Waals surface area contributed by atoms with Crippen LogP contribution < -0.4 is 15.1 Å². The Labute approximate surface area is 251 Å². The van der Waals surface area contributed by atoms with E-state index in [-0.39, 0.29) is 23.7 Å². The molecule has 0 bridgehead atoms. The second-order valence-corrected chi connectivity index (χ2v) is 12.8. The van der Waals surface area contributed by atoms with Crippen LogP contribution in [0.25, 0.3) is 0 Å². The summed E-state index contributed by atoms with van der Waals surface area (Å²) < 4.78 is 0. The minimum absolute atomic E-state index is 0.0390. The van der Waals surface area contributed by atoms with Gasteiger partial charge in [0.25, 0.3) is 0 Å². The second kappa shape index (κ2) is 11.1. The third kappa shape index (κ3) is 5.68. The zero-order chi connectivity index (χ0) is 28.7. The van der Waals surface area contributed by atoms with E-state index in [0.717, 1.165) is 53.4 Å². The minimum Gasteiger partial charge on any atom is -0.368 e. The van der Waals surface area contributed by atoms with Gasteiger partial charge in [0, 0.05) is 59.6 Å². The number of benzene rings is 3. The molecule has 6 rings (SSSR count). The fourth-order valence-electron chi connectivity index (χ4n) is 6.35. The van der Waals surface area contributed by atoms with E-state index in [0.29, 0.717) is 29.6 Å². The van der Waals surface area contributed by atoms with Crippen molar-refractivity contribution in [3.05, 3.63) is 99.7 Å². The maximum atomic E-state index is 14.0. The first kappa shape index (κ1) is 27.7. The highest BCUT2D eigenvalue weighted by Gasteiger charge is 2.42. The number of para-hydroxylation sites is 2. The van der Waals surface area contributed by atoms with Gasteiger partial charge in [-0.25, -0.2) is 0 Å². The molecule has 6 nitrogen and oxygen atoms in total. The van der Waals surface area contributed by atoms with Gasteiger partial charge in [-0.15, -0.1) is 0 Å². The van der Waals surface area contributed by atoms with Gasteiger partial charge >= 0.3 is 0 Å². The highest BCUT2D eigenvalue weighted by atomic mass is 35.5. The predicted octanol–water partition coefficient (Wildman–Crippen LogP) is 6.96. The van der Waals surface area contributed by atoms with E-state index in [9.17, 15) is 9.59 Å². The summed E-state index contributed by atoms with van der Waals surface area (Å²) in [6.45, 7) is 7.11. The summed E-state index contributed by atoms with van der Waals surface area (Å²) in [5.41, 5.74) is 5.32. The number of allylic oxidation sites excluding steroid dienone is 1. The molecule has 3 aromatic rings. The topological polar surface area (TPSA) is 55.9 Å². The number of rotatable bonds is 4. The lowest BCUT2D eigenvalue weighted by Gasteiger charge is -2.40. The van der Waals surface area contributed by atoms with Gasteiger partial charge in [0.15, 0.2) is 5.78 Å². The molecule has 1 aliphatic carbocycles. The normalized spacial score (nSPS) is 20.2. The van der Waals surface area contributed by atoms with Crippen molar-refractivity contribution < 1.29 is 9.59 Å². The van der Waals surface area contributed by atoms with Gasteiger partial charge in [0.2, 0.25) is 5.91 Å². The Balaban J connectivity index is 1.34. The summed E-state index contributed by atoms with van der Waals surface area (Å²) in [5.74, 6) is 0.154. The molecule has 0 aromatic heterocycles. The molecule has 1 saturated heterocycles. The van der Waals surface area contributed by atoms with Crippen molar-refractivity contribution >= 4 is 52.0 Å². The highest BCUT2D eigenvalue weighted by molar-refractivity contribution is 6.31. The molecule has 2 aliphatic heterocycles. The van der Waals surface area contributed by atoms with E-state index in [1.54, 1.807) is 0 Å². The number of halogens is 2. The molecule has 1 N–H and O–H groups in total. The summed E-state index contributed by atoms with van der Waals surface area (Å²) in [4.78, 5) is 34.1. The monoisotopic (exact) mass is 588 g/mol. The van der Waals surface area contributed by atoms with Crippen LogP contribution in [0, 0.1) is 5.41 Å². The number of carbonyl (C=O) groups excluding carboxylic acids is 2.